The molecule has 0 amide bonds. The van der Waals surface area contributed by atoms with E-state index in [4.69, 9.17) is 9.47 Å². The summed E-state index contributed by atoms with van der Waals surface area (Å²) >= 11 is 0. The summed E-state index contributed by atoms with van der Waals surface area (Å²) in [6, 6.07) is 3.92. The van der Waals surface area contributed by atoms with Crippen LogP contribution in [-0.2, 0) is 6.54 Å². The quantitative estimate of drug-likeness (QED) is 0.793. The van der Waals surface area contributed by atoms with E-state index in [9.17, 15) is 0 Å². The van der Waals surface area contributed by atoms with Gasteiger partial charge >= 0.3 is 0 Å². The minimum atomic E-state index is 0.819. The van der Waals surface area contributed by atoms with Crippen LogP contribution in [0.15, 0.2) is 12.1 Å². The Morgan fingerprint density at radius 1 is 1.21 bits per heavy atom. The maximum Gasteiger partial charge on any atom is 0.125 e. The molecule has 0 radical (unpaired) electrons. The minimum absolute atomic E-state index is 0.819. The van der Waals surface area contributed by atoms with Crippen molar-refractivity contribution < 1.29 is 9.47 Å². The van der Waals surface area contributed by atoms with Crippen molar-refractivity contribution in [3.8, 4) is 11.5 Å². The van der Waals surface area contributed by atoms with E-state index in [1.165, 1.54) is 5.56 Å². The summed E-state index contributed by atoms with van der Waals surface area (Å²) < 4.78 is 10.5. The van der Waals surface area contributed by atoms with Gasteiger partial charge in [0.2, 0.25) is 0 Å². The Bertz CT molecular complexity index is 310. The van der Waals surface area contributed by atoms with Crippen LogP contribution in [0.4, 0.5) is 0 Å². The van der Waals surface area contributed by atoms with Crippen molar-refractivity contribution in [2.24, 2.45) is 0 Å². The largest absolute Gasteiger partial charge is 0.497 e. The number of methoxy groups -OCH3 is 2. The van der Waals surface area contributed by atoms with Gasteiger partial charge in [0, 0.05) is 12.6 Å². The van der Waals surface area contributed by atoms with Crippen LogP contribution in [0.1, 0.15) is 11.1 Å². The van der Waals surface area contributed by atoms with Crippen LogP contribution in [0.3, 0.4) is 0 Å². The molecule has 0 bridgehead atoms. The maximum absolute atomic E-state index is 5.27. The average molecular weight is 195 g/mol. The first kappa shape index (κ1) is 10.9. The molecule has 0 aliphatic carbocycles. The Labute approximate surface area is 85.0 Å². The first-order valence-corrected chi connectivity index (χ1v) is 4.59. The predicted molar refractivity (Wildman–Crippen MR) is 57.0 cm³/mol. The van der Waals surface area contributed by atoms with Gasteiger partial charge in [-0.2, -0.15) is 0 Å². The molecule has 1 aromatic carbocycles. The molecule has 78 valence electrons. The fraction of sp³-hybridized carbons (Fsp3) is 0.455. The zero-order chi connectivity index (χ0) is 10.6. The lowest BCUT2D eigenvalue weighted by atomic mass is 10.1. The van der Waals surface area contributed by atoms with Crippen LogP contribution in [-0.4, -0.2) is 21.3 Å². The second-order valence-corrected chi connectivity index (χ2v) is 3.14. The highest BCUT2D eigenvalue weighted by Gasteiger charge is 2.07. The Hall–Kier alpha value is -1.22. The number of hydrogen-bond donors (Lipinski definition) is 1. The molecule has 1 N–H and O–H groups in total. The van der Waals surface area contributed by atoms with Crippen LogP contribution in [0.25, 0.3) is 0 Å². The van der Waals surface area contributed by atoms with Crippen LogP contribution in [0, 0.1) is 6.92 Å². The normalized spacial score (nSPS) is 10.0. The molecule has 0 unspecified atom stereocenters. The summed E-state index contributed by atoms with van der Waals surface area (Å²) in [6.07, 6.45) is 0. The lowest BCUT2D eigenvalue weighted by Gasteiger charge is -2.12. The molecule has 0 atom stereocenters. The Morgan fingerprint density at radius 3 is 2.43 bits per heavy atom. The van der Waals surface area contributed by atoms with Gasteiger partial charge in [-0.05, 0) is 31.2 Å². The van der Waals surface area contributed by atoms with Crippen LogP contribution < -0.4 is 14.8 Å². The van der Waals surface area contributed by atoms with Crippen molar-refractivity contribution in [2.45, 2.75) is 13.5 Å². The third-order valence-electron chi connectivity index (χ3n) is 2.26. The SMILES string of the molecule is CNCc1cc(OC)cc(OC)c1C. The Kier molecular flexibility index (Phi) is 3.77. The highest BCUT2D eigenvalue weighted by Crippen LogP contribution is 2.27. The molecule has 0 fully saturated rings. The van der Waals surface area contributed by atoms with Crippen molar-refractivity contribution in [1.29, 1.82) is 0 Å². The first-order valence-electron chi connectivity index (χ1n) is 4.59. The molecular weight excluding hydrogens is 178 g/mol. The topological polar surface area (TPSA) is 30.5 Å². The highest BCUT2D eigenvalue weighted by atomic mass is 16.5. The number of hydrogen-bond acceptors (Lipinski definition) is 3. The van der Waals surface area contributed by atoms with E-state index in [0.717, 1.165) is 23.6 Å². The van der Waals surface area contributed by atoms with E-state index in [2.05, 4.69) is 5.32 Å². The first-order chi connectivity index (χ1) is 6.72. The zero-order valence-electron chi connectivity index (χ0n) is 9.18. The smallest absolute Gasteiger partial charge is 0.125 e. The second-order valence-electron chi connectivity index (χ2n) is 3.14. The van der Waals surface area contributed by atoms with Crippen molar-refractivity contribution in [1.82, 2.24) is 5.32 Å². The second kappa shape index (κ2) is 4.86. The van der Waals surface area contributed by atoms with E-state index in [0.29, 0.717) is 0 Å². The summed E-state index contributed by atoms with van der Waals surface area (Å²) in [5.74, 6) is 1.70. The molecule has 0 spiro atoms. The Balaban J connectivity index is 3.12. The lowest BCUT2D eigenvalue weighted by molar-refractivity contribution is 0.391. The number of nitrogens with one attached hydrogen (secondary N) is 1. The third kappa shape index (κ3) is 2.17. The lowest BCUT2D eigenvalue weighted by Crippen LogP contribution is -2.07. The standard InChI is InChI=1S/C11H17NO2/c1-8-9(7-12-2)5-10(13-3)6-11(8)14-4/h5-6,12H,7H2,1-4H3. The van der Waals surface area contributed by atoms with Gasteiger partial charge in [0.15, 0.2) is 0 Å². The van der Waals surface area contributed by atoms with Crippen LogP contribution >= 0.6 is 0 Å². The molecule has 0 aliphatic rings. The number of benzene rings is 1. The van der Waals surface area contributed by atoms with Gasteiger partial charge in [0.25, 0.3) is 0 Å². The van der Waals surface area contributed by atoms with Crippen molar-refractivity contribution in [3.05, 3.63) is 23.3 Å². The summed E-state index contributed by atoms with van der Waals surface area (Å²) in [4.78, 5) is 0. The van der Waals surface area contributed by atoms with Crippen LogP contribution in [0.2, 0.25) is 0 Å². The van der Waals surface area contributed by atoms with E-state index in [-0.39, 0.29) is 0 Å². The van der Waals surface area contributed by atoms with E-state index in [1.807, 2.05) is 26.1 Å². The minimum Gasteiger partial charge on any atom is -0.497 e. The van der Waals surface area contributed by atoms with Crippen LogP contribution in [0.5, 0.6) is 11.5 Å². The number of ether oxygens (including phenoxy) is 2. The molecule has 3 nitrogen and oxygen atoms in total. The molecule has 3 heteroatoms. The zero-order valence-corrected chi connectivity index (χ0v) is 9.18. The van der Waals surface area contributed by atoms with Gasteiger partial charge in [-0.3, -0.25) is 0 Å². The summed E-state index contributed by atoms with van der Waals surface area (Å²) in [5, 5.41) is 3.12. The van der Waals surface area contributed by atoms with Crippen molar-refractivity contribution >= 4 is 0 Å². The molecule has 1 aromatic rings. The summed E-state index contributed by atoms with van der Waals surface area (Å²) in [7, 11) is 5.25. The van der Waals surface area contributed by atoms with Crippen molar-refractivity contribution in [2.75, 3.05) is 21.3 Å². The molecule has 0 heterocycles. The average Bonchev–Trinajstić information content (AvgIpc) is 2.21. The van der Waals surface area contributed by atoms with Gasteiger partial charge in [-0.25, -0.2) is 0 Å². The molecule has 0 aliphatic heterocycles. The summed E-state index contributed by atoms with van der Waals surface area (Å²) in [5.41, 5.74) is 2.35. The van der Waals surface area contributed by atoms with E-state index in [1.54, 1.807) is 14.2 Å². The van der Waals surface area contributed by atoms with E-state index >= 15 is 0 Å². The molecular formula is C11H17NO2. The van der Waals surface area contributed by atoms with Crippen molar-refractivity contribution in [3.63, 3.8) is 0 Å². The molecule has 0 saturated carbocycles. The van der Waals surface area contributed by atoms with Gasteiger partial charge in [-0.15, -0.1) is 0 Å². The van der Waals surface area contributed by atoms with E-state index < -0.39 is 0 Å². The highest BCUT2D eigenvalue weighted by molar-refractivity contribution is 5.45. The predicted octanol–water partition coefficient (Wildman–Crippen LogP) is 1.73. The Morgan fingerprint density at radius 2 is 1.93 bits per heavy atom. The van der Waals surface area contributed by atoms with Gasteiger partial charge in [-0.1, -0.05) is 0 Å². The summed E-state index contributed by atoms with van der Waals surface area (Å²) in [6.45, 7) is 2.87. The number of rotatable bonds is 4. The molecule has 1 rings (SSSR count). The molecule has 14 heavy (non-hydrogen) atoms. The van der Waals surface area contributed by atoms with Gasteiger partial charge < -0.3 is 14.8 Å². The molecule has 0 saturated heterocycles. The fourth-order valence-electron chi connectivity index (χ4n) is 1.42. The van der Waals surface area contributed by atoms with Gasteiger partial charge in [0.1, 0.15) is 11.5 Å². The van der Waals surface area contributed by atoms with Gasteiger partial charge in [0.05, 0.1) is 14.2 Å². The fourth-order valence-corrected chi connectivity index (χ4v) is 1.42. The maximum atomic E-state index is 5.27. The monoisotopic (exact) mass is 195 g/mol. The third-order valence-corrected chi connectivity index (χ3v) is 2.26. The molecule has 0 aromatic heterocycles.